The van der Waals surface area contributed by atoms with Gasteiger partial charge in [-0.15, -0.1) is 12.3 Å². The van der Waals surface area contributed by atoms with Crippen LogP contribution < -0.4 is 5.32 Å². The molecular formula is C11H16N2. The maximum Gasteiger partial charge on any atom is 0.0656 e. The van der Waals surface area contributed by atoms with E-state index in [0.29, 0.717) is 12.1 Å². The van der Waals surface area contributed by atoms with Gasteiger partial charge in [-0.1, -0.05) is 0 Å². The van der Waals surface area contributed by atoms with Crippen molar-refractivity contribution in [2.24, 2.45) is 5.92 Å². The zero-order valence-electron chi connectivity index (χ0n) is 8.09. The van der Waals surface area contributed by atoms with E-state index < -0.39 is 0 Å². The van der Waals surface area contributed by atoms with Crippen LogP contribution in [0.3, 0.4) is 0 Å². The van der Waals surface area contributed by atoms with E-state index in [2.05, 4.69) is 24.2 Å². The van der Waals surface area contributed by atoms with Gasteiger partial charge in [0, 0.05) is 24.4 Å². The zero-order chi connectivity index (χ0) is 9.68. The van der Waals surface area contributed by atoms with Crippen LogP contribution in [0.25, 0.3) is 0 Å². The fourth-order valence-corrected chi connectivity index (χ4v) is 1.89. The molecule has 1 saturated carbocycles. The van der Waals surface area contributed by atoms with Crippen LogP contribution in [-0.4, -0.2) is 12.1 Å². The fraction of sp³-hybridized carbons (Fsp3) is 0.727. The quantitative estimate of drug-likeness (QED) is 0.664. The smallest absolute Gasteiger partial charge is 0.0656 e. The lowest BCUT2D eigenvalue weighted by Crippen LogP contribution is -2.34. The van der Waals surface area contributed by atoms with Gasteiger partial charge in [0.05, 0.1) is 6.07 Å². The Morgan fingerprint density at radius 3 is 2.92 bits per heavy atom. The van der Waals surface area contributed by atoms with Crippen molar-refractivity contribution in [3.05, 3.63) is 0 Å². The lowest BCUT2D eigenvalue weighted by molar-refractivity contribution is 0.450. The zero-order valence-corrected chi connectivity index (χ0v) is 8.09. The van der Waals surface area contributed by atoms with E-state index in [1.165, 1.54) is 0 Å². The summed E-state index contributed by atoms with van der Waals surface area (Å²) in [5.74, 6) is 2.90. The molecule has 3 unspecified atom stereocenters. The summed E-state index contributed by atoms with van der Waals surface area (Å²) in [6, 6.07) is 3.21. The predicted molar refractivity (Wildman–Crippen MR) is 52.8 cm³/mol. The second kappa shape index (κ2) is 4.90. The highest BCUT2D eigenvalue weighted by Crippen LogP contribution is 2.24. The molecule has 0 aromatic carbocycles. The predicted octanol–water partition coefficient (Wildman–Crippen LogP) is 1.68. The molecule has 2 nitrogen and oxygen atoms in total. The first-order valence-electron chi connectivity index (χ1n) is 4.85. The molecule has 1 fully saturated rings. The van der Waals surface area contributed by atoms with E-state index in [-0.39, 0.29) is 5.92 Å². The average Bonchev–Trinajstić information content (AvgIpc) is 2.52. The number of terminal acetylenes is 1. The summed E-state index contributed by atoms with van der Waals surface area (Å²) >= 11 is 0. The lowest BCUT2D eigenvalue weighted by Gasteiger charge is -2.16. The second-order valence-electron chi connectivity index (χ2n) is 3.81. The first-order valence-corrected chi connectivity index (χ1v) is 4.85. The lowest BCUT2D eigenvalue weighted by atomic mass is 10.1. The molecule has 0 bridgehead atoms. The van der Waals surface area contributed by atoms with Gasteiger partial charge in [-0.25, -0.2) is 0 Å². The van der Waals surface area contributed by atoms with E-state index in [0.717, 1.165) is 25.7 Å². The number of nitrogens with zero attached hydrogens (tertiary/aromatic N) is 1. The number of hydrogen-bond acceptors (Lipinski definition) is 2. The van der Waals surface area contributed by atoms with Crippen LogP contribution in [0.4, 0.5) is 0 Å². The highest BCUT2D eigenvalue weighted by Gasteiger charge is 2.24. The van der Waals surface area contributed by atoms with Crippen LogP contribution >= 0.6 is 0 Å². The van der Waals surface area contributed by atoms with Gasteiger partial charge in [-0.05, 0) is 26.2 Å². The molecule has 13 heavy (non-hydrogen) atoms. The molecule has 0 radical (unpaired) electrons. The molecule has 2 heteroatoms. The third kappa shape index (κ3) is 3.09. The Morgan fingerprint density at radius 2 is 2.38 bits per heavy atom. The molecule has 1 aliphatic rings. The topological polar surface area (TPSA) is 35.8 Å². The van der Waals surface area contributed by atoms with Crippen LogP contribution in [0.5, 0.6) is 0 Å². The molecule has 0 aliphatic heterocycles. The largest absolute Gasteiger partial charge is 0.311 e. The molecule has 0 aromatic rings. The average molecular weight is 176 g/mol. The second-order valence-corrected chi connectivity index (χ2v) is 3.81. The molecule has 0 heterocycles. The van der Waals surface area contributed by atoms with E-state index >= 15 is 0 Å². The Bertz CT molecular complexity index is 233. The molecule has 70 valence electrons. The molecule has 0 aromatic heterocycles. The Balaban J connectivity index is 2.25. The highest BCUT2D eigenvalue weighted by atomic mass is 14.9. The van der Waals surface area contributed by atoms with Crippen molar-refractivity contribution in [3.8, 4) is 18.4 Å². The fourth-order valence-electron chi connectivity index (χ4n) is 1.89. The molecule has 1 rings (SSSR count). The van der Waals surface area contributed by atoms with Crippen molar-refractivity contribution < 1.29 is 0 Å². The van der Waals surface area contributed by atoms with Crippen molar-refractivity contribution in [2.45, 2.75) is 44.7 Å². The van der Waals surface area contributed by atoms with Gasteiger partial charge >= 0.3 is 0 Å². The van der Waals surface area contributed by atoms with Gasteiger partial charge in [0.25, 0.3) is 0 Å². The number of nitrogens with one attached hydrogen (secondary N) is 1. The van der Waals surface area contributed by atoms with E-state index in [1.807, 2.05) is 0 Å². The maximum absolute atomic E-state index is 8.71. The summed E-state index contributed by atoms with van der Waals surface area (Å²) in [6.07, 6.45) is 9.13. The summed E-state index contributed by atoms with van der Waals surface area (Å²) < 4.78 is 0. The minimum atomic E-state index is 0.260. The Kier molecular flexibility index (Phi) is 3.80. The van der Waals surface area contributed by atoms with E-state index in [4.69, 9.17) is 11.7 Å². The SMILES string of the molecule is C#CCC(C)NC1CCC(C#N)C1. The third-order valence-corrected chi connectivity index (χ3v) is 2.56. The molecule has 0 amide bonds. The van der Waals surface area contributed by atoms with Crippen molar-refractivity contribution in [3.63, 3.8) is 0 Å². The van der Waals surface area contributed by atoms with Crippen LogP contribution in [0, 0.1) is 29.6 Å². The van der Waals surface area contributed by atoms with Gasteiger partial charge in [0.1, 0.15) is 0 Å². The normalized spacial score (nSPS) is 29.2. The van der Waals surface area contributed by atoms with E-state index in [9.17, 15) is 0 Å². The van der Waals surface area contributed by atoms with Crippen molar-refractivity contribution in [1.82, 2.24) is 5.32 Å². The highest BCUT2D eigenvalue weighted by molar-refractivity contribution is 4.95. The van der Waals surface area contributed by atoms with Gasteiger partial charge in [0.2, 0.25) is 0 Å². The Labute approximate surface area is 80.3 Å². The van der Waals surface area contributed by atoms with Gasteiger partial charge in [-0.3, -0.25) is 0 Å². The number of rotatable bonds is 3. The van der Waals surface area contributed by atoms with Gasteiger partial charge in [-0.2, -0.15) is 5.26 Å². The molecule has 0 saturated heterocycles. The van der Waals surface area contributed by atoms with Gasteiger partial charge in [0.15, 0.2) is 0 Å². The first-order chi connectivity index (χ1) is 6.26. The van der Waals surface area contributed by atoms with Crippen molar-refractivity contribution in [2.75, 3.05) is 0 Å². The monoisotopic (exact) mass is 176 g/mol. The maximum atomic E-state index is 8.71. The number of hydrogen-bond donors (Lipinski definition) is 1. The van der Waals surface area contributed by atoms with Gasteiger partial charge < -0.3 is 5.32 Å². The molecule has 1 N–H and O–H groups in total. The molecule has 1 aliphatic carbocycles. The van der Waals surface area contributed by atoms with Crippen molar-refractivity contribution in [1.29, 1.82) is 5.26 Å². The summed E-state index contributed by atoms with van der Waals surface area (Å²) in [5.41, 5.74) is 0. The minimum Gasteiger partial charge on any atom is -0.311 e. The minimum absolute atomic E-state index is 0.260. The summed E-state index contributed by atoms with van der Waals surface area (Å²) in [4.78, 5) is 0. The Morgan fingerprint density at radius 1 is 1.62 bits per heavy atom. The van der Waals surface area contributed by atoms with Crippen LogP contribution in [0.15, 0.2) is 0 Å². The van der Waals surface area contributed by atoms with Crippen LogP contribution in [0.1, 0.15) is 32.6 Å². The standard InChI is InChI=1S/C11H16N2/c1-3-4-9(2)13-11-6-5-10(7-11)8-12/h1,9-11,13H,4-7H2,2H3. The molecule has 0 spiro atoms. The van der Waals surface area contributed by atoms with Crippen LogP contribution in [-0.2, 0) is 0 Å². The summed E-state index contributed by atoms with van der Waals surface area (Å²) in [6.45, 7) is 2.10. The molecule has 3 atom stereocenters. The number of nitriles is 1. The van der Waals surface area contributed by atoms with E-state index in [1.54, 1.807) is 0 Å². The first kappa shape index (κ1) is 10.1. The van der Waals surface area contributed by atoms with Crippen molar-refractivity contribution >= 4 is 0 Å². The molecular weight excluding hydrogens is 160 g/mol. The van der Waals surface area contributed by atoms with Crippen LogP contribution in [0.2, 0.25) is 0 Å². The third-order valence-electron chi connectivity index (χ3n) is 2.56. The summed E-state index contributed by atoms with van der Waals surface area (Å²) in [7, 11) is 0. The Hall–Kier alpha value is -0.990. The summed E-state index contributed by atoms with van der Waals surface area (Å²) in [5, 5.41) is 12.2.